The van der Waals surface area contributed by atoms with Crippen molar-refractivity contribution in [2.24, 2.45) is 17.3 Å². The maximum absolute atomic E-state index is 12.2. The van der Waals surface area contributed by atoms with Crippen LogP contribution in [-0.2, 0) is 11.2 Å². The van der Waals surface area contributed by atoms with Gasteiger partial charge in [0.1, 0.15) is 4.49 Å². The molecule has 1 aliphatic rings. The molecule has 2 rings (SSSR count). The molecule has 4 heteroatoms. The molecule has 0 saturated heterocycles. The minimum absolute atomic E-state index is 0.0262. The molecule has 0 aromatic heterocycles. The number of nitrogens with one attached hydrogen (secondary N) is 1. The van der Waals surface area contributed by atoms with E-state index in [0.29, 0.717) is 6.54 Å². The second-order valence-electron chi connectivity index (χ2n) is 6.16. The van der Waals surface area contributed by atoms with Crippen LogP contribution in [0.5, 0.6) is 0 Å². The van der Waals surface area contributed by atoms with Crippen LogP contribution in [0.2, 0.25) is 0 Å². The van der Waals surface area contributed by atoms with E-state index in [4.69, 9.17) is 23.2 Å². The van der Waals surface area contributed by atoms with Gasteiger partial charge in [0, 0.05) is 6.54 Å². The highest BCUT2D eigenvalue weighted by atomic mass is 35.5. The second kappa shape index (κ2) is 6.85. The Morgan fingerprint density at radius 3 is 2.57 bits per heavy atom. The fraction of sp³-hybridized carbons (Fsp3) is 0.471. The summed E-state index contributed by atoms with van der Waals surface area (Å²) in [6.07, 6.45) is 3.70. The minimum Gasteiger partial charge on any atom is -0.356 e. The summed E-state index contributed by atoms with van der Waals surface area (Å²) >= 11 is 11.4. The number of carbonyl (C=O) groups excluding carboxylic acids is 1. The molecule has 1 fully saturated rings. The van der Waals surface area contributed by atoms with Gasteiger partial charge in [-0.15, -0.1) is 0 Å². The molecular formula is C17H21Cl2NO. The van der Waals surface area contributed by atoms with E-state index in [0.717, 1.165) is 12.8 Å². The number of hydrogen-bond acceptors (Lipinski definition) is 1. The Morgan fingerprint density at radius 1 is 1.29 bits per heavy atom. The predicted octanol–water partition coefficient (Wildman–Crippen LogP) is 4.33. The zero-order chi connectivity index (χ0) is 15.5. The fourth-order valence-electron chi connectivity index (χ4n) is 2.88. The Labute approximate surface area is 136 Å². The van der Waals surface area contributed by atoms with Crippen molar-refractivity contribution in [3.8, 4) is 0 Å². The first-order valence-corrected chi connectivity index (χ1v) is 8.03. The predicted molar refractivity (Wildman–Crippen MR) is 88.3 cm³/mol. The van der Waals surface area contributed by atoms with Gasteiger partial charge in [-0.3, -0.25) is 4.79 Å². The fourth-order valence-corrected chi connectivity index (χ4v) is 3.16. The van der Waals surface area contributed by atoms with Gasteiger partial charge in [0.2, 0.25) is 5.91 Å². The molecule has 0 radical (unpaired) electrons. The number of hydrogen-bond donors (Lipinski definition) is 1. The third kappa shape index (κ3) is 4.24. The monoisotopic (exact) mass is 325 g/mol. The van der Waals surface area contributed by atoms with Crippen LogP contribution in [0.25, 0.3) is 0 Å². The molecule has 2 nitrogen and oxygen atoms in total. The normalized spacial score (nSPS) is 22.5. The molecule has 0 heterocycles. The molecule has 1 saturated carbocycles. The third-order valence-corrected chi connectivity index (χ3v) is 4.53. The Hall–Kier alpha value is -0.990. The first-order valence-electron chi connectivity index (χ1n) is 7.27. The third-order valence-electron chi connectivity index (χ3n) is 4.28. The highest BCUT2D eigenvalue weighted by Gasteiger charge is 2.60. The maximum atomic E-state index is 12.2. The summed E-state index contributed by atoms with van der Waals surface area (Å²) in [4.78, 5) is 12.2. The van der Waals surface area contributed by atoms with Gasteiger partial charge in [-0.1, -0.05) is 67.4 Å². The van der Waals surface area contributed by atoms with Crippen LogP contribution < -0.4 is 5.32 Å². The van der Waals surface area contributed by atoms with Gasteiger partial charge in [0.25, 0.3) is 0 Å². The van der Waals surface area contributed by atoms with Crippen LogP contribution in [0.15, 0.2) is 40.9 Å². The van der Waals surface area contributed by atoms with E-state index in [1.807, 2.05) is 18.2 Å². The molecule has 0 spiro atoms. The molecule has 0 aliphatic heterocycles. The molecular weight excluding hydrogens is 305 g/mol. The van der Waals surface area contributed by atoms with Gasteiger partial charge in [0.15, 0.2) is 0 Å². The number of carbonyl (C=O) groups is 1. The van der Waals surface area contributed by atoms with Crippen LogP contribution in [-0.4, -0.2) is 12.5 Å². The number of aryl methyl sites for hydroxylation is 1. The van der Waals surface area contributed by atoms with Gasteiger partial charge >= 0.3 is 0 Å². The minimum atomic E-state index is -0.0570. The Bertz CT molecular complexity index is 521. The van der Waals surface area contributed by atoms with Crippen molar-refractivity contribution in [3.63, 3.8) is 0 Å². The number of benzene rings is 1. The zero-order valence-electron chi connectivity index (χ0n) is 12.4. The maximum Gasteiger partial charge on any atom is 0.224 e. The van der Waals surface area contributed by atoms with E-state index >= 15 is 0 Å². The lowest BCUT2D eigenvalue weighted by molar-refractivity contribution is -0.123. The average molecular weight is 326 g/mol. The first kappa shape index (κ1) is 16.4. The Balaban J connectivity index is 1.74. The molecule has 114 valence electrons. The molecule has 1 aromatic carbocycles. The van der Waals surface area contributed by atoms with Gasteiger partial charge in [-0.2, -0.15) is 0 Å². The number of rotatable bonds is 6. The lowest BCUT2D eigenvalue weighted by atomic mass is 10.1. The zero-order valence-corrected chi connectivity index (χ0v) is 13.9. The molecule has 21 heavy (non-hydrogen) atoms. The average Bonchev–Trinajstić information content (AvgIpc) is 2.96. The lowest BCUT2D eigenvalue weighted by Gasteiger charge is -2.06. The van der Waals surface area contributed by atoms with Crippen molar-refractivity contribution in [2.45, 2.75) is 26.7 Å². The van der Waals surface area contributed by atoms with Crippen molar-refractivity contribution in [3.05, 3.63) is 46.5 Å². The van der Waals surface area contributed by atoms with Crippen molar-refractivity contribution in [1.82, 2.24) is 5.32 Å². The summed E-state index contributed by atoms with van der Waals surface area (Å²) in [5.74, 6) is 0.210. The standard InChI is InChI=1S/C17H21Cl2NO/c1-17(2)13(11-14(18)19)15(17)16(21)20-10-6-9-12-7-4-3-5-8-12/h3-5,7-8,11,13,15H,6,9-10H2,1-2H3,(H,20,21)/t13-,15-/m0/s1. The van der Waals surface area contributed by atoms with E-state index in [1.165, 1.54) is 5.56 Å². The van der Waals surface area contributed by atoms with Gasteiger partial charge in [-0.05, 0) is 35.8 Å². The number of amides is 1. The molecule has 1 N–H and O–H groups in total. The lowest BCUT2D eigenvalue weighted by Crippen LogP contribution is -2.28. The van der Waals surface area contributed by atoms with Crippen LogP contribution in [0.1, 0.15) is 25.8 Å². The first-order chi connectivity index (χ1) is 9.93. The molecule has 1 aromatic rings. The molecule has 0 bridgehead atoms. The van der Waals surface area contributed by atoms with Crippen molar-refractivity contribution in [1.29, 1.82) is 0 Å². The van der Waals surface area contributed by atoms with E-state index in [-0.39, 0.29) is 27.6 Å². The number of halogens is 2. The Kier molecular flexibility index (Phi) is 5.34. The molecule has 1 amide bonds. The van der Waals surface area contributed by atoms with E-state index < -0.39 is 0 Å². The summed E-state index contributed by atoms with van der Waals surface area (Å²) < 4.78 is 0.243. The SMILES string of the molecule is CC1(C)[C@H](C(=O)NCCCc2ccccc2)[C@@H]1C=C(Cl)Cl. The van der Waals surface area contributed by atoms with E-state index in [1.54, 1.807) is 6.08 Å². The van der Waals surface area contributed by atoms with Crippen molar-refractivity contribution >= 4 is 29.1 Å². The van der Waals surface area contributed by atoms with E-state index in [9.17, 15) is 4.79 Å². The van der Waals surface area contributed by atoms with Gasteiger partial charge in [-0.25, -0.2) is 0 Å². The van der Waals surface area contributed by atoms with Crippen molar-refractivity contribution in [2.75, 3.05) is 6.54 Å². The summed E-state index contributed by atoms with van der Waals surface area (Å²) in [6.45, 7) is 4.84. The van der Waals surface area contributed by atoms with Crippen molar-refractivity contribution < 1.29 is 4.79 Å². The van der Waals surface area contributed by atoms with Crippen LogP contribution in [0, 0.1) is 17.3 Å². The summed E-state index contributed by atoms with van der Waals surface area (Å²) in [7, 11) is 0. The highest BCUT2D eigenvalue weighted by molar-refractivity contribution is 6.55. The summed E-state index contributed by atoms with van der Waals surface area (Å²) in [5.41, 5.74) is 1.24. The van der Waals surface area contributed by atoms with Crippen LogP contribution >= 0.6 is 23.2 Å². The number of allylic oxidation sites excluding steroid dienone is 1. The van der Waals surface area contributed by atoms with Gasteiger partial charge < -0.3 is 5.32 Å². The van der Waals surface area contributed by atoms with Crippen LogP contribution in [0.3, 0.4) is 0 Å². The second-order valence-corrected chi connectivity index (χ2v) is 7.17. The quantitative estimate of drug-likeness (QED) is 0.775. The largest absolute Gasteiger partial charge is 0.356 e. The molecule has 0 unspecified atom stereocenters. The summed E-state index contributed by atoms with van der Waals surface area (Å²) in [6, 6.07) is 10.3. The van der Waals surface area contributed by atoms with Crippen LogP contribution in [0.4, 0.5) is 0 Å². The molecule has 2 atom stereocenters. The van der Waals surface area contributed by atoms with Gasteiger partial charge in [0.05, 0.1) is 5.92 Å². The smallest absolute Gasteiger partial charge is 0.224 e. The topological polar surface area (TPSA) is 29.1 Å². The highest BCUT2D eigenvalue weighted by Crippen LogP contribution is 2.59. The molecule has 1 aliphatic carbocycles. The van der Waals surface area contributed by atoms with E-state index in [2.05, 4.69) is 31.3 Å². The Morgan fingerprint density at radius 2 is 1.95 bits per heavy atom. The summed E-state index contributed by atoms with van der Waals surface area (Å²) in [5, 5.41) is 3.02.